The zero-order chi connectivity index (χ0) is 17.5. The van der Waals surface area contributed by atoms with Gasteiger partial charge in [0.15, 0.2) is 5.58 Å². The molecule has 2 N–H and O–H groups in total. The van der Waals surface area contributed by atoms with Crippen molar-refractivity contribution in [3.8, 4) is 17.2 Å². The van der Waals surface area contributed by atoms with E-state index >= 15 is 0 Å². The smallest absolute Gasteiger partial charge is 0.408 e. The Hall–Kier alpha value is -2.91. The molecular weight excluding hydrogens is 309 g/mol. The van der Waals surface area contributed by atoms with Gasteiger partial charge < -0.3 is 10.2 Å². The standard InChI is InChI=1S/C18H16FN3O2/c1-18(21,10-20)9-13-4-3-11(7-14(13)19)12-5-6-16-15(8-12)22(2)17(23)24-16/h3-8H,9,21H2,1-2H3/t18-/m1/s1. The molecule has 0 saturated carbocycles. The molecule has 0 radical (unpaired) electrons. The summed E-state index contributed by atoms with van der Waals surface area (Å²) < 4.78 is 20.8. The second-order valence-corrected chi connectivity index (χ2v) is 6.12. The van der Waals surface area contributed by atoms with Gasteiger partial charge in [-0.25, -0.2) is 9.18 Å². The third-order valence-corrected chi connectivity index (χ3v) is 3.99. The van der Waals surface area contributed by atoms with Crippen molar-refractivity contribution in [3.63, 3.8) is 0 Å². The third kappa shape index (κ3) is 2.82. The largest absolute Gasteiger partial charge is 0.419 e. The molecule has 122 valence electrons. The number of fused-ring (bicyclic) bond motifs is 1. The minimum absolute atomic E-state index is 0.130. The van der Waals surface area contributed by atoms with Crippen molar-refractivity contribution in [3.05, 3.63) is 58.3 Å². The molecule has 0 aliphatic heterocycles. The van der Waals surface area contributed by atoms with Gasteiger partial charge in [0.1, 0.15) is 11.4 Å². The summed E-state index contributed by atoms with van der Waals surface area (Å²) in [4.78, 5) is 11.5. The summed E-state index contributed by atoms with van der Waals surface area (Å²) in [5.74, 6) is -0.858. The predicted octanol–water partition coefficient (Wildman–Crippen LogP) is 2.72. The van der Waals surface area contributed by atoms with E-state index in [1.807, 2.05) is 6.07 Å². The Balaban J connectivity index is 2.02. The van der Waals surface area contributed by atoms with Crippen LogP contribution in [0.5, 0.6) is 0 Å². The van der Waals surface area contributed by atoms with Crippen molar-refractivity contribution in [2.45, 2.75) is 18.9 Å². The molecule has 6 heteroatoms. The minimum atomic E-state index is -1.11. The average molecular weight is 325 g/mol. The van der Waals surface area contributed by atoms with Crippen LogP contribution in [-0.2, 0) is 13.5 Å². The predicted molar refractivity (Wildman–Crippen MR) is 88.8 cm³/mol. The normalized spacial score (nSPS) is 13.6. The Morgan fingerprint density at radius 3 is 2.62 bits per heavy atom. The lowest BCUT2D eigenvalue weighted by atomic mass is 9.93. The number of nitrogens with two attached hydrogens (primary N) is 1. The van der Waals surface area contributed by atoms with Gasteiger partial charge in [-0.1, -0.05) is 18.2 Å². The number of nitriles is 1. The van der Waals surface area contributed by atoms with Crippen LogP contribution < -0.4 is 11.5 Å². The Bertz CT molecular complexity index is 1020. The number of aryl methyl sites for hydroxylation is 1. The molecule has 0 bridgehead atoms. The Morgan fingerprint density at radius 1 is 1.29 bits per heavy atom. The van der Waals surface area contributed by atoms with Crippen LogP contribution in [0.25, 0.3) is 22.2 Å². The Labute approximate surface area is 137 Å². The fourth-order valence-corrected chi connectivity index (χ4v) is 2.61. The number of hydrogen-bond donors (Lipinski definition) is 1. The van der Waals surface area contributed by atoms with Crippen molar-refractivity contribution in [1.29, 1.82) is 5.26 Å². The third-order valence-electron chi connectivity index (χ3n) is 3.99. The van der Waals surface area contributed by atoms with Gasteiger partial charge in [-0.3, -0.25) is 4.57 Å². The first-order valence-corrected chi connectivity index (χ1v) is 7.39. The van der Waals surface area contributed by atoms with Gasteiger partial charge in [0.2, 0.25) is 0 Å². The van der Waals surface area contributed by atoms with Crippen molar-refractivity contribution >= 4 is 11.1 Å². The summed E-state index contributed by atoms with van der Waals surface area (Å²) >= 11 is 0. The number of benzene rings is 2. The zero-order valence-electron chi connectivity index (χ0n) is 13.3. The molecule has 24 heavy (non-hydrogen) atoms. The summed E-state index contributed by atoms with van der Waals surface area (Å²) in [6, 6.07) is 12.0. The van der Waals surface area contributed by atoms with Crippen molar-refractivity contribution in [2.75, 3.05) is 0 Å². The molecule has 0 unspecified atom stereocenters. The maximum Gasteiger partial charge on any atom is 0.419 e. The number of aromatic nitrogens is 1. The highest BCUT2D eigenvalue weighted by atomic mass is 19.1. The number of nitrogens with zero attached hydrogens (tertiary/aromatic N) is 2. The fraction of sp³-hybridized carbons (Fsp3) is 0.222. The van der Waals surface area contributed by atoms with E-state index in [-0.39, 0.29) is 6.42 Å². The molecule has 3 rings (SSSR count). The number of hydrogen-bond acceptors (Lipinski definition) is 4. The van der Waals surface area contributed by atoms with Gasteiger partial charge in [-0.15, -0.1) is 0 Å². The number of halogens is 1. The van der Waals surface area contributed by atoms with Gasteiger partial charge in [-0.05, 0) is 41.8 Å². The van der Waals surface area contributed by atoms with Gasteiger partial charge in [0.05, 0.1) is 11.6 Å². The van der Waals surface area contributed by atoms with E-state index in [0.717, 1.165) is 5.56 Å². The molecule has 0 amide bonds. The quantitative estimate of drug-likeness (QED) is 0.802. The summed E-state index contributed by atoms with van der Waals surface area (Å²) in [6.07, 6.45) is 0.130. The molecule has 1 heterocycles. The molecule has 0 aliphatic carbocycles. The van der Waals surface area contributed by atoms with Crippen molar-refractivity contribution < 1.29 is 8.81 Å². The van der Waals surface area contributed by atoms with E-state index in [1.54, 1.807) is 44.3 Å². The van der Waals surface area contributed by atoms with E-state index in [0.29, 0.717) is 22.2 Å². The molecule has 2 aromatic carbocycles. The van der Waals surface area contributed by atoms with Gasteiger partial charge >= 0.3 is 5.76 Å². The highest BCUT2D eigenvalue weighted by molar-refractivity contribution is 5.80. The molecule has 1 atom stereocenters. The van der Waals surface area contributed by atoms with Crippen LogP contribution >= 0.6 is 0 Å². The fourth-order valence-electron chi connectivity index (χ4n) is 2.61. The monoisotopic (exact) mass is 325 g/mol. The second kappa shape index (κ2) is 5.62. The molecule has 0 fully saturated rings. The molecule has 5 nitrogen and oxygen atoms in total. The minimum Gasteiger partial charge on any atom is -0.408 e. The maximum absolute atomic E-state index is 14.4. The van der Waals surface area contributed by atoms with Crippen LogP contribution in [0.3, 0.4) is 0 Å². The number of rotatable bonds is 3. The zero-order valence-corrected chi connectivity index (χ0v) is 13.3. The summed E-state index contributed by atoms with van der Waals surface area (Å²) in [7, 11) is 1.62. The van der Waals surface area contributed by atoms with E-state index in [2.05, 4.69) is 0 Å². The summed E-state index contributed by atoms with van der Waals surface area (Å²) in [6.45, 7) is 1.56. The van der Waals surface area contributed by atoms with Crippen LogP contribution in [0.1, 0.15) is 12.5 Å². The molecule has 0 saturated heterocycles. The van der Waals surface area contributed by atoms with E-state index < -0.39 is 17.1 Å². The summed E-state index contributed by atoms with van der Waals surface area (Å²) in [5.41, 5.74) is 7.61. The molecule has 3 aromatic rings. The first-order valence-electron chi connectivity index (χ1n) is 7.39. The molecule has 1 aromatic heterocycles. The highest BCUT2D eigenvalue weighted by Gasteiger charge is 2.20. The lowest BCUT2D eigenvalue weighted by Crippen LogP contribution is -2.36. The van der Waals surface area contributed by atoms with Crippen LogP contribution in [0.2, 0.25) is 0 Å². The first kappa shape index (κ1) is 16.0. The van der Waals surface area contributed by atoms with E-state index in [1.165, 1.54) is 10.6 Å². The van der Waals surface area contributed by atoms with Crippen LogP contribution in [0.15, 0.2) is 45.6 Å². The summed E-state index contributed by atoms with van der Waals surface area (Å²) in [5, 5.41) is 8.97. The van der Waals surface area contributed by atoms with Crippen molar-refractivity contribution in [2.24, 2.45) is 12.8 Å². The lowest BCUT2D eigenvalue weighted by molar-refractivity contribution is 0.528. The van der Waals surface area contributed by atoms with Crippen LogP contribution in [0, 0.1) is 17.1 Å². The van der Waals surface area contributed by atoms with Crippen molar-refractivity contribution in [1.82, 2.24) is 4.57 Å². The number of oxazole rings is 1. The second-order valence-electron chi connectivity index (χ2n) is 6.12. The molecule has 0 spiro atoms. The Morgan fingerprint density at radius 2 is 1.96 bits per heavy atom. The van der Waals surface area contributed by atoms with E-state index in [9.17, 15) is 9.18 Å². The van der Waals surface area contributed by atoms with Gasteiger partial charge in [-0.2, -0.15) is 5.26 Å². The van der Waals surface area contributed by atoms with Crippen LogP contribution in [0.4, 0.5) is 4.39 Å². The topological polar surface area (TPSA) is 84.9 Å². The molecular formula is C18H16FN3O2. The SMILES string of the molecule is Cn1c(=O)oc2ccc(-c3ccc(C[C@@](C)(N)C#N)c(F)c3)cc21. The maximum atomic E-state index is 14.4. The Kier molecular flexibility index (Phi) is 3.74. The highest BCUT2D eigenvalue weighted by Crippen LogP contribution is 2.26. The molecule has 0 aliphatic rings. The van der Waals surface area contributed by atoms with Gasteiger partial charge in [0.25, 0.3) is 0 Å². The van der Waals surface area contributed by atoms with Crippen LogP contribution in [-0.4, -0.2) is 10.1 Å². The average Bonchev–Trinajstić information content (AvgIpc) is 2.83. The van der Waals surface area contributed by atoms with Gasteiger partial charge in [0, 0.05) is 13.5 Å². The van der Waals surface area contributed by atoms with E-state index in [4.69, 9.17) is 15.4 Å². The first-order chi connectivity index (χ1) is 11.3. The lowest BCUT2D eigenvalue weighted by Gasteiger charge is -2.16.